The Kier molecular flexibility index (Phi) is 8.55. The number of thioether (sulfide) groups is 1. The summed E-state index contributed by atoms with van der Waals surface area (Å²) >= 11 is 1.25. The minimum absolute atomic E-state index is 0.0430. The molecule has 0 spiro atoms. The molecule has 2 aliphatic rings. The lowest BCUT2D eigenvalue weighted by Gasteiger charge is -2.26. The molecule has 3 rings (SSSR count). The Morgan fingerprint density at radius 2 is 1.91 bits per heavy atom. The van der Waals surface area contributed by atoms with E-state index < -0.39 is 22.0 Å². The quantitative estimate of drug-likeness (QED) is 0.306. The molecule has 11 heteroatoms. The molecule has 33 heavy (non-hydrogen) atoms. The van der Waals surface area contributed by atoms with Crippen molar-refractivity contribution in [1.29, 1.82) is 0 Å². The molecule has 2 saturated heterocycles. The molecule has 0 saturated carbocycles. The average molecular weight is 497 g/mol. The third kappa shape index (κ3) is 6.15. The SMILES string of the molecule is COC(=O)/C=C1/SCC(=O)N1CCCOC(=O)c1cc(S(=O)(=O)N2CCCCC2)ccc1C. The Hall–Kier alpha value is -2.37. The lowest BCUT2D eigenvalue weighted by atomic mass is 10.1. The molecule has 2 heterocycles. The Bertz CT molecular complexity index is 1050. The number of nitrogens with zero attached hydrogens (tertiary/aromatic N) is 2. The molecule has 2 fully saturated rings. The fourth-order valence-corrected chi connectivity index (χ4v) is 6.13. The number of methoxy groups -OCH3 is 1. The van der Waals surface area contributed by atoms with E-state index in [0.717, 1.165) is 19.3 Å². The van der Waals surface area contributed by atoms with Gasteiger partial charge in [0.1, 0.15) is 0 Å². The first kappa shape index (κ1) is 25.3. The van der Waals surface area contributed by atoms with Crippen molar-refractivity contribution in [1.82, 2.24) is 9.21 Å². The summed E-state index contributed by atoms with van der Waals surface area (Å²) in [6, 6.07) is 4.50. The summed E-state index contributed by atoms with van der Waals surface area (Å²) in [6.07, 6.45) is 4.29. The van der Waals surface area contributed by atoms with Gasteiger partial charge >= 0.3 is 11.9 Å². The summed E-state index contributed by atoms with van der Waals surface area (Å²) in [5.74, 6) is -1.05. The molecule has 180 valence electrons. The maximum Gasteiger partial charge on any atom is 0.338 e. The third-order valence-corrected chi connectivity index (χ3v) is 8.41. The standard InChI is InChI=1S/C22H28N2O7S2/c1-16-7-8-17(33(28,29)23-9-4-3-5-10-23)13-18(16)22(27)31-12-6-11-24-19(25)15-32-20(24)14-21(26)30-2/h7-8,13-14H,3-6,9-12,15H2,1-2H3/b20-14+. The molecule has 1 aromatic rings. The molecule has 2 aliphatic heterocycles. The van der Waals surface area contributed by atoms with Crippen LogP contribution in [0.3, 0.4) is 0 Å². The van der Waals surface area contributed by atoms with Crippen molar-refractivity contribution < 1.29 is 32.3 Å². The Labute approximate surface area is 198 Å². The number of hydrogen-bond acceptors (Lipinski definition) is 8. The van der Waals surface area contributed by atoms with Crippen LogP contribution < -0.4 is 0 Å². The van der Waals surface area contributed by atoms with Gasteiger partial charge in [0.25, 0.3) is 0 Å². The van der Waals surface area contributed by atoms with Gasteiger partial charge in [-0.1, -0.05) is 24.2 Å². The molecule has 0 unspecified atom stereocenters. The van der Waals surface area contributed by atoms with Crippen molar-refractivity contribution in [2.75, 3.05) is 39.1 Å². The molecule has 1 aromatic carbocycles. The van der Waals surface area contributed by atoms with Gasteiger partial charge in [-0.3, -0.25) is 4.79 Å². The number of carbonyl (C=O) groups is 3. The van der Waals surface area contributed by atoms with Crippen molar-refractivity contribution in [3.05, 3.63) is 40.4 Å². The van der Waals surface area contributed by atoms with Crippen LogP contribution in [-0.2, 0) is 29.1 Å². The van der Waals surface area contributed by atoms with Gasteiger partial charge in [0, 0.05) is 19.6 Å². The number of amides is 1. The molecule has 0 radical (unpaired) electrons. The molecular weight excluding hydrogens is 468 g/mol. The lowest BCUT2D eigenvalue weighted by Crippen LogP contribution is -2.35. The summed E-state index contributed by atoms with van der Waals surface area (Å²) in [5.41, 5.74) is 0.819. The third-order valence-electron chi connectivity index (χ3n) is 5.49. The number of carbonyl (C=O) groups excluding carboxylic acids is 3. The predicted octanol–water partition coefficient (Wildman–Crippen LogP) is 2.31. The van der Waals surface area contributed by atoms with Crippen molar-refractivity contribution >= 4 is 39.6 Å². The largest absolute Gasteiger partial charge is 0.466 e. The summed E-state index contributed by atoms with van der Waals surface area (Å²) in [6.45, 7) is 3.01. The highest BCUT2D eigenvalue weighted by Gasteiger charge is 2.28. The molecule has 9 nitrogen and oxygen atoms in total. The predicted molar refractivity (Wildman–Crippen MR) is 123 cm³/mol. The number of esters is 2. The number of hydrogen-bond donors (Lipinski definition) is 0. The topological polar surface area (TPSA) is 110 Å². The summed E-state index contributed by atoms with van der Waals surface area (Å²) in [7, 11) is -2.40. The van der Waals surface area contributed by atoms with E-state index >= 15 is 0 Å². The van der Waals surface area contributed by atoms with Crippen molar-refractivity contribution in [3.63, 3.8) is 0 Å². The zero-order valence-corrected chi connectivity index (χ0v) is 20.4. The number of benzene rings is 1. The summed E-state index contributed by atoms with van der Waals surface area (Å²) in [4.78, 5) is 37.7. The minimum atomic E-state index is -3.66. The Balaban J connectivity index is 1.60. The van der Waals surface area contributed by atoms with Crippen LogP contribution in [0.5, 0.6) is 0 Å². The zero-order chi connectivity index (χ0) is 24.0. The van der Waals surface area contributed by atoms with Gasteiger partial charge in [-0.2, -0.15) is 4.31 Å². The number of aryl methyl sites for hydroxylation is 1. The summed E-state index contributed by atoms with van der Waals surface area (Å²) in [5, 5.41) is 0.504. The first-order chi connectivity index (χ1) is 15.7. The molecular formula is C22H28N2O7S2. The first-order valence-electron chi connectivity index (χ1n) is 10.7. The monoisotopic (exact) mass is 496 g/mol. The maximum atomic E-state index is 12.9. The highest BCUT2D eigenvalue weighted by atomic mass is 32.2. The van der Waals surface area contributed by atoms with Gasteiger partial charge in [0.05, 0.1) is 41.0 Å². The van der Waals surface area contributed by atoms with Crippen molar-refractivity contribution in [2.45, 2.75) is 37.5 Å². The van der Waals surface area contributed by atoms with Gasteiger partial charge in [-0.15, -0.1) is 0 Å². The number of ether oxygens (including phenoxy) is 2. The van der Waals surface area contributed by atoms with Gasteiger partial charge in [-0.05, 0) is 43.9 Å². The fraction of sp³-hybridized carbons (Fsp3) is 0.500. The van der Waals surface area contributed by atoms with Crippen LogP contribution in [-0.4, -0.2) is 74.6 Å². The van der Waals surface area contributed by atoms with Crippen molar-refractivity contribution in [3.8, 4) is 0 Å². The molecule has 0 N–H and O–H groups in total. The Morgan fingerprint density at radius 1 is 1.18 bits per heavy atom. The lowest BCUT2D eigenvalue weighted by molar-refractivity contribution is -0.134. The van der Waals surface area contributed by atoms with Gasteiger partial charge in [0.15, 0.2) is 0 Å². The maximum absolute atomic E-state index is 12.9. The average Bonchev–Trinajstić information content (AvgIpc) is 3.16. The van der Waals surface area contributed by atoms with E-state index in [-0.39, 0.29) is 35.3 Å². The second-order valence-corrected chi connectivity index (χ2v) is 10.7. The van der Waals surface area contributed by atoms with Crippen LogP contribution >= 0.6 is 11.8 Å². The van der Waals surface area contributed by atoms with Gasteiger partial charge in [0.2, 0.25) is 15.9 Å². The van der Waals surface area contributed by atoms with E-state index in [1.165, 1.54) is 46.3 Å². The van der Waals surface area contributed by atoms with E-state index in [9.17, 15) is 22.8 Å². The number of piperidine rings is 1. The van der Waals surface area contributed by atoms with Gasteiger partial charge in [-0.25, -0.2) is 18.0 Å². The van der Waals surface area contributed by atoms with Crippen LogP contribution in [0, 0.1) is 6.92 Å². The van der Waals surface area contributed by atoms with E-state index in [1.54, 1.807) is 13.0 Å². The van der Waals surface area contributed by atoms with E-state index in [1.807, 2.05) is 0 Å². The molecule has 0 aliphatic carbocycles. The van der Waals surface area contributed by atoms with Crippen LogP contribution in [0.25, 0.3) is 0 Å². The molecule has 0 aromatic heterocycles. The zero-order valence-electron chi connectivity index (χ0n) is 18.7. The molecule has 1 amide bonds. The van der Waals surface area contributed by atoms with E-state index in [0.29, 0.717) is 30.1 Å². The van der Waals surface area contributed by atoms with Crippen LogP contribution in [0.2, 0.25) is 0 Å². The van der Waals surface area contributed by atoms with Crippen LogP contribution in [0.1, 0.15) is 41.6 Å². The normalized spacial score (nSPS) is 18.5. The molecule has 0 atom stereocenters. The minimum Gasteiger partial charge on any atom is -0.466 e. The number of rotatable bonds is 8. The van der Waals surface area contributed by atoms with E-state index in [2.05, 4.69) is 4.74 Å². The highest BCUT2D eigenvalue weighted by Crippen LogP contribution is 2.29. The van der Waals surface area contributed by atoms with Crippen LogP contribution in [0.15, 0.2) is 34.2 Å². The molecule has 0 bridgehead atoms. The first-order valence-corrected chi connectivity index (χ1v) is 13.2. The Morgan fingerprint density at radius 3 is 2.61 bits per heavy atom. The van der Waals surface area contributed by atoms with Crippen molar-refractivity contribution in [2.24, 2.45) is 0 Å². The van der Waals surface area contributed by atoms with Gasteiger partial charge < -0.3 is 14.4 Å². The summed E-state index contributed by atoms with van der Waals surface area (Å²) < 4.78 is 37.3. The second-order valence-electron chi connectivity index (χ2n) is 7.77. The number of sulfonamides is 1. The second kappa shape index (κ2) is 11.2. The van der Waals surface area contributed by atoms with E-state index in [4.69, 9.17) is 4.74 Å². The fourth-order valence-electron chi connectivity index (χ4n) is 3.63. The highest BCUT2D eigenvalue weighted by molar-refractivity contribution is 8.04. The smallest absolute Gasteiger partial charge is 0.338 e. The van der Waals surface area contributed by atoms with Crippen LogP contribution in [0.4, 0.5) is 0 Å².